The van der Waals surface area contributed by atoms with Crippen molar-refractivity contribution in [2.24, 2.45) is 0 Å². The van der Waals surface area contributed by atoms with Crippen LogP contribution in [0.2, 0.25) is 0 Å². The lowest BCUT2D eigenvalue weighted by Gasteiger charge is -2.29. The lowest BCUT2D eigenvalue weighted by molar-refractivity contribution is 0.0519. The second-order valence-electron chi connectivity index (χ2n) is 7.07. The van der Waals surface area contributed by atoms with Crippen molar-refractivity contribution in [2.75, 3.05) is 43.1 Å². The van der Waals surface area contributed by atoms with Crippen LogP contribution in [-0.2, 0) is 9.47 Å². The highest BCUT2D eigenvalue weighted by molar-refractivity contribution is 5.88. The molecule has 11 heteroatoms. The van der Waals surface area contributed by atoms with Gasteiger partial charge in [-0.05, 0) is 19.1 Å². The van der Waals surface area contributed by atoms with Crippen LogP contribution in [0.25, 0.3) is 11.3 Å². The molecular formula is C22H21F2N5O4. The summed E-state index contributed by atoms with van der Waals surface area (Å²) >= 11 is 0. The molecule has 172 valence electrons. The summed E-state index contributed by atoms with van der Waals surface area (Å²) in [6.07, 6.45) is 1.52. The van der Waals surface area contributed by atoms with Crippen molar-refractivity contribution >= 4 is 23.4 Å². The molecule has 1 fully saturated rings. The number of anilines is 3. The number of nitrogens with one attached hydrogen (secondary N) is 1. The first kappa shape index (κ1) is 22.3. The van der Waals surface area contributed by atoms with Crippen molar-refractivity contribution < 1.29 is 28.2 Å². The third-order valence-electron chi connectivity index (χ3n) is 4.86. The van der Waals surface area contributed by atoms with Gasteiger partial charge in [-0.15, -0.1) is 0 Å². The van der Waals surface area contributed by atoms with Crippen LogP contribution in [0.3, 0.4) is 0 Å². The van der Waals surface area contributed by atoms with E-state index in [1.807, 2.05) is 4.90 Å². The predicted molar refractivity (Wildman–Crippen MR) is 116 cm³/mol. The molecule has 0 bridgehead atoms. The molecule has 0 aliphatic carbocycles. The Balaban J connectivity index is 1.72. The first-order valence-electron chi connectivity index (χ1n) is 10.3. The second kappa shape index (κ2) is 9.74. The SMILES string of the molecule is CCOC(=O)c1cccc(-c2cnc(Nc3cc(F)c(O)c(F)c3)nc2N2CCOCC2)n1. The maximum absolute atomic E-state index is 13.7. The minimum atomic E-state index is -1.11. The Kier molecular flexibility index (Phi) is 6.59. The highest BCUT2D eigenvalue weighted by Crippen LogP contribution is 2.31. The minimum Gasteiger partial charge on any atom is -0.503 e. The number of aromatic hydroxyl groups is 1. The molecule has 1 aromatic carbocycles. The van der Waals surface area contributed by atoms with Gasteiger partial charge in [0.05, 0.1) is 31.1 Å². The maximum atomic E-state index is 13.7. The third kappa shape index (κ3) is 4.98. The van der Waals surface area contributed by atoms with Crippen molar-refractivity contribution in [1.29, 1.82) is 0 Å². The van der Waals surface area contributed by atoms with Crippen molar-refractivity contribution in [3.05, 3.63) is 53.9 Å². The molecule has 0 amide bonds. The summed E-state index contributed by atoms with van der Waals surface area (Å²) in [5.74, 6) is -3.21. The number of hydrogen-bond acceptors (Lipinski definition) is 9. The number of hydrogen-bond donors (Lipinski definition) is 2. The smallest absolute Gasteiger partial charge is 0.356 e. The van der Waals surface area contributed by atoms with Gasteiger partial charge in [0.15, 0.2) is 17.4 Å². The Morgan fingerprint density at radius 3 is 2.64 bits per heavy atom. The number of carbonyl (C=O) groups excluding carboxylic acids is 1. The molecule has 1 aliphatic rings. The van der Waals surface area contributed by atoms with Gasteiger partial charge in [0.25, 0.3) is 0 Å². The van der Waals surface area contributed by atoms with Gasteiger partial charge >= 0.3 is 5.97 Å². The second-order valence-corrected chi connectivity index (χ2v) is 7.07. The van der Waals surface area contributed by atoms with Gasteiger partial charge in [-0.25, -0.2) is 23.5 Å². The topological polar surface area (TPSA) is 110 Å². The van der Waals surface area contributed by atoms with Crippen LogP contribution < -0.4 is 10.2 Å². The van der Waals surface area contributed by atoms with E-state index in [4.69, 9.17) is 9.47 Å². The summed E-state index contributed by atoms with van der Waals surface area (Å²) in [5.41, 5.74) is 1.22. The zero-order valence-corrected chi connectivity index (χ0v) is 17.7. The van der Waals surface area contributed by atoms with Crippen LogP contribution in [0, 0.1) is 11.6 Å². The van der Waals surface area contributed by atoms with Crippen molar-refractivity contribution in [3.63, 3.8) is 0 Å². The lowest BCUT2D eigenvalue weighted by atomic mass is 10.1. The fourth-order valence-electron chi connectivity index (χ4n) is 3.30. The van der Waals surface area contributed by atoms with E-state index >= 15 is 0 Å². The average Bonchev–Trinajstić information content (AvgIpc) is 2.83. The summed E-state index contributed by atoms with van der Waals surface area (Å²) in [6.45, 7) is 4.05. The number of nitrogens with zero attached hydrogens (tertiary/aromatic N) is 4. The molecule has 3 heterocycles. The average molecular weight is 457 g/mol. The molecule has 9 nitrogen and oxygen atoms in total. The number of phenolic OH excluding ortho intramolecular Hbond substituents is 1. The molecular weight excluding hydrogens is 436 g/mol. The summed E-state index contributed by atoms with van der Waals surface area (Å²) in [6, 6.07) is 6.85. The highest BCUT2D eigenvalue weighted by atomic mass is 19.1. The standard InChI is InChI=1S/C22H21F2N5O4/c1-2-33-21(31)18-5-3-4-17(27-18)14-12-25-22(28-20(14)29-6-8-32-9-7-29)26-13-10-15(23)19(30)16(24)11-13/h3-5,10-12,30H,2,6-9H2,1H3,(H,25,26,28). The molecule has 0 spiro atoms. The fourth-order valence-corrected chi connectivity index (χ4v) is 3.30. The third-order valence-corrected chi connectivity index (χ3v) is 4.86. The molecule has 0 unspecified atom stereocenters. The molecule has 3 aromatic rings. The van der Waals surface area contributed by atoms with Gasteiger partial charge in [-0.2, -0.15) is 4.98 Å². The molecule has 2 aromatic heterocycles. The van der Waals surface area contributed by atoms with Crippen molar-refractivity contribution in [1.82, 2.24) is 15.0 Å². The number of halogens is 2. The Morgan fingerprint density at radius 2 is 1.94 bits per heavy atom. The number of benzene rings is 1. The van der Waals surface area contributed by atoms with Crippen molar-refractivity contribution in [2.45, 2.75) is 6.92 Å². The summed E-state index contributed by atoms with van der Waals surface area (Å²) in [4.78, 5) is 27.3. The molecule has 0 radical (unpaired) electrons. The fraction of sp³-hybridized carbons (Fsp3) is 0.273. The van der Waals surface area contributed by atoms with Crippen LogP contribution in [0.1, 0.15) is 17.4 Å². The number of pyridine rings is 1. The lowest BCUT2D eigenvalue weighted by Crippen LogP contribution is -2.37. The number of morpholine rings is 1. The first-order valence-corrected chi connectivity index (χ1v) is 10.3. The Bertz CT molecular complexity index is 1150. The molecule has 4 rings (SSSR count). The largest absolute Gasteiger partial charge is 0.503 e. The van der Waals surface area contributed by atoms with E-state index in [9.17, 15) is 18.7 Å². The Morgan fingerprint density at radius 1 is 1.21 bits per heavy atom. The van der Waals surface area contributed by atoms with Crippen LogP contribution in [-0.4, -0.2) is 58.9 Å². The van der Waals surface area contributed by atoms with Crippen LogP contribution in [0.5, 0.6) is 5.75 Å². The van der Waals surface area contributed by atoms with Gasteiger partial charge in [0.2, 0.25) is 5.95 Å². The Labute approximate surface area is 188 Å². The predicted octanol–water partition coefficient (Wildman–Crippen LogP) is 3.28. The van der Waals surface area contributed by atoms with Gasteiger partial charge in [-0.3, -0.25) is 0 Å². The number of carbonyl (C=O) groups is 1. The van der Waals surface area contributed by atoms with E-state index in [0.29, 0.717) is 43.4 Å². The monoisotopic (exact) mass is 457 g/mol. The number of esters is 1. The zero-order valence-electron chi connectivity index (χ0n) is 17.7. The number of rotatable bonds is 6. The van der Waals surface area contributed by atoms with E-state index in [1.165, 1.54) is 6.20 Å². The van der Waals surface area contributed by atoms with E-state index in [-0.39, 0.29) is 23.9 Å². The summed E-state index contributed by atoms with van der Waals surface area (Å²) < 4.78 is 37.9. The number of ether oxygens (including phenoxy) is 2. The molecule has 1 aliphatic heterocycles. The van der Waals surface area contributed by atoms with E-state index < -0.39 is 23.4 Å². The van der Waals surface area contributed by atoms with Crippen molar-refractivity contribution in [3.8, 4) is 17.0 Å². The van der Waals surface area contributed by atoms with Crippen LogP contribution in [0.4, 0.5) is 26.2 Å². The molecule has 0 saturated carbocycles. The number of aromatic nitrogens is 3. The molecule has 1 saturated heterocycles. The summed E-state index contributed by atoms with van der Waals surface area (Å²) in [7, 11) is 0. The first-order chi connectivity index (χ1) is 16.0. The van der Waals surface area contributed by atoms with Gasteiger partial charge in [-0.1, -0.05) is 6.07 Å². The quantitative estimate of drug-likeness (QED) is 0.426. The van der Waals surface area contributed by atoms with E-state index in [0.717, 1.165) is 12.1 Å². The van der Waals surface area contributed by atoms with Crippen LogP contribution in [0.15, 0.2) is 36.5 Å². The molecule has 0 atom stereocenters. The van der Waals surface area contributed by atoms with Gasteiger partial charge < -0.3 is 24.8 Å². The molecule has 33 heavy (non-hydrogen) atoms. The van der Waals surface area contributed by atoms with E-state index in [1.54, 1.807) is 25.1 Å². The zero-order chi connectivity index (χ0) is 23.4. The van der Waals surface area contributed by atoms with Gasteiger partial charge in [0, 0.05) is 37.1 Å². The molecule has 2 N–H and O–H groups in total. The van der Waals surface area contributed by atoms with Gasteiger partial charge in [0.1, 0.15) is 11.5 Å². The maximum Gasteiger partial charge on any atom is 0.356 e. The number of phenols is 1. The minimum absolute atomic E-state index is 0.0333. The normalized spacial score (nSPS) is 13.6. The Hall–Kier alpha value is -3.86. The van der Waals surface area contributed by atoms with Crippen LogP contribution >= 0.6 is 0 Å². The summed E-state index contributed by atoms with van der Waals surface area (Å²) in [5, 5.41) is 12.1. The van der Waals surface area contributed by atoms with E-state index in [2.05, 4.69) is 20.3 Å². The highest BCUT2D eigenvalue weighted by Gasteiger charge is 2.21.